The predicted molar refractivity (Wildman–Crippen MR) is 0.686 cm³/mol. The summed E-state index contributed by atoms with van der Waals surface area (Å²) >= 11 is -5.88. The molecule has 0 aromatic carbocycles. The van der Waals surface area contributed by atoms with Crippen LogP contribution in [0.25, 0.3) is 0 Å². The van der Waals surface area contributed by atoms with Gasteiger partial charge in [0.25, 0.3) is 0 Å². The Kier molecular flexibility index (Phi) is 6.34. The Morgan fingerprint density at radius 1 is 1.17 bits per heavy atom. The van der Waals surface area contributed by atoms with Crippen LogP contribution in [-0.2, 0) is 18.7 Å². The van der Waals surface area contributed by atoms with Crippen LogP contribution in [0.1, 0.15) is 0 Å². The Labute approximate surface area is 70.7 Å². The topological polar surface area (TPSA) is 86.2 Å². The summed E-state index contributed by atoms with van der Waals surface area (Å²) in [7, 11) is 0. The van der Waals surface area contributed by atoms with Gasteiger partial charge >= 0.3 is 71.6 Å². The van der Waals surface area contributed by atoms with E-state index in [0.29, 0.717) is 0 Å². The summed E-state index contributed by atoms with van der Waals surface area (Å²) in [6, 6.07) is 0. The first-order valence-electron chi connectivity index (χ1n) is 0.730. The molecule has 4 nitrogen and oxygen atoms in total. The second kappa shape index (κ2) is 3.60. The van der Waals surface area contributed by atoms with Crippen molar-refractivity contribution in [1.82, 2.24) is 0 Å². The van der Waals surface area contributed by atoms with Crippen molar-refractivity contribution in [3.63, 3.8) is 0 Å². The van der Waals surface area contributed by atoms with E-state index < -0.39 is 15.0 Å². The quantitative estimate of drug-likeness (QED) is 0.448. The van der Waals surface area contributed by atoms with Gasteiger partial charge in [-0.15, -0.1) is 0 Å². The van der Waals surface area contributed by atoms with Crippen molar-refractivity contribution in [1.29, 1.82) is 0 Å². The second-order valence-corrected chi connectivity index (χ2v) is 1.84. The van der Waals surface area contributed by atoms with E-state index in [-0.39, 0.29) is 40.8 Å². The summed E-state index contributed by atoms with van der Waals surface area (Å²) < 4.78 is 34.4. The van der Waals surface area contributed by atoms with Gasteiger partial charge in [-0.25, -0.2) is 0 Å². The Morgan fingerprint density at radius 2 is 1.17 bits per heavy atom. The van der Waals surface area contributed by atoms with Gasteiger partial charge in [-0.05, 0) is 0 Å². The zero-order valence-corrected chi connectivity index (χ0v) is 7.19. The van der Waals surface area contributed by atoms with Crippen LogP contribution in [0, 0.1) is 40.8 Å². The average molecular weight is 259 g/mol. The Morgan fingerprint density at radius 3 is 1.17 bits per heavy atom. The molecule has 0 N–H and O–H groups in total. The molecule has 0 saturated carbocycles. The standard InChI is InChI=1S/Nd.4O.V/q+3;;3*-1;. The van der Waals surface area contributed by atoms with Crippen molar-refractivity contribution in [2.75, 3.05) is 0 Å². The number of hydrogen-bond acceptors (Lipinski definition) is 4. The van der Waals surface area contributed by atoms with Crippen LogP contribution < -0.4 is 12.1 Å². The van der Waals surface area contributed by atoms with Crippen molar-refractivity contribution in [2.24, 2.45) is 0 Å². The van der Waals surface area contributed by atoms with Gasteiger partial charge in [0.05, 0.1) is 0 Å². The van der Waals surface area contributed by atoms with E-state index in [1.165, 1.54) is 0 Å². The fourth-order valence-electron chi connectivity index (χ4n) is 0. The second-order valence-electron chi connectivity index (χ2n) is 0.447. The number of rotatable bonds is 0. The van der Waals surface area contributed by atoms with Gasteiger partial charge in [0.1, 0.15) is 0 Å². The molecule has 0 heterocycles. The van der Waals surface area contributed by atoms with Crippen molar-refractivity contribution in [2.45, 2.75) is 0 Å². The van der Waals surface area contributed by atoms with Crippen LogP contribution in [0.4, 0.5) is 0 Å². The molecule has 0 spiro atoms. The van der Waals surface area contributed by atoms with Gasteiger partial charge in [0, 0.05) is 0 Å². The summed E-state index contributed by atoms with van der Waals surface area (Å²) in [5.74, 6) is 0. The van der Waals surface area contributed by atoms with E-state index in [0.717, 1.165) is 0 Å². The van der Waals surface area contributed by atoms with Crippen LogP contribution in [0.2, 0.25) is 0 Å². The molecule has 0 aromatic heterocycles. The van der Waals surface area contributed by atoms with Crippen LogP contribution in [0.3, 0.4) is 0 Å². The van der Waals surface area contributed by atoms with Gasteiger partial charge in [-0.3, -0.25) is 0 Å². The monoisotopic (exact) mass is 257 g/mol. The molecule has 0 amide bonds. The molecule has 33 valence electrons. The van der Waals surface area contributed by atoms with E-state index in [4.69, 9.17) is 15.8 Å². The summed E-state index contributed by atoms with van der Waals surface area (Å²) in [5, 5.41) is 0. The maximum atomic E-state index is 8.61. The summed E-state index contributed by atoms with van der Waals surface area (Å²) in [5.41, 5.74) is 0. The van der Waals surface area contributed by atoms with E-state index in [9.17, 15) is 0 Å². The molecular weight excluding hydrogens is 259 g/mol. The van der Waals surface area contributed by atoms with Crippen LogP contribution in [0.15, 0.2) is 0 Å². The van der Waals surface area contributed by atoms with Crippen molar-refractivity contribution in [3.8, 4) is 0 Å². The minimum absolute atomic E-state index is 0. The van der Waals surface area contributed by atoms with Gasteiger partial charge in [0.15, 0.2) is 0 Å². The molecule has 0 aliphatic carbocycles. The van der Waals surface area contributed by atoms with Gasteiger partial charge in [-0.1, -0.05) is 0 Å². The average Bonchev–Trinajstić information content (AvgIpc) is 0.722. The first-order chi connectivity index (χ1) is 2.00. The molecule has 1 radical (unpaired) electrons. The van der Waals surface area contributed by atoms with Crippen LogP contribution >= 0.6 is 0 Å². The molecule has 0 atom stereocenters. The zero-order chi connectivity index (χ0) is 4.50. The maximum absolute atomic E-state index is 8.61. The third kappa shape index (κ3) is 45.8. The van der Waals surface area contributed by atoms with Gasteiger partial charge in [-0.2, -0.15) is 0 Å². The third-order valence-electron chi connectivity index (χ3n) is 0. The molecule has 6 heteroatoms. The number of hydrogen-bond donors (Lipinski definition) is 0. The Bertz CT molecular complexity index is 53.7. The van der Waals surface area contributed by atoms with Crippen molar-refractivity contribution in [3.05, 3.63) is 0 Å². The van der Waals surface area contributed by atoms with Crippen molar-refractivity contribution >= 4 is 0 Å². The normalized spacial score (nSPS) is 9.83. The molecule has 0 aliphatic heterocycles. The van der Waals surface area contributed by atoms with Gasteiger partial charge in [0.2, 0.25) is 0 Å². The summed E-state index contributed by atoms with van der Waals surface area (Å²) in [4.78, 5) is 0. The molecule has 0 aromatic rings. The van der Waals surface area contributed by atoms with E-state index in [1.54, 1.807) is 0 Å². The molecule has 0 fully saturated rings. The Balaban J connectivity index is 0. The molecular formula is NdO4V. The fourth-order valence-corrected chi connectivity index (χ4v) is 0. The molecule has 0 aliphatic rings. The molecule has 0 bridgehead atoms. The third-order valence-corrected chi connectivity index (χ3v) is 0. The predicted octanol–water partition coefficient (Wildman–Crippen LogP) is -3.69. The van der Waals surface area contributed by atoms with E-state index in [1.807, 2.05) is 0 Å². The molecule has 0 rings (SSSR count). The minimum atomic E-state index is -5.88. The SMILES string of the molecule is [Nd+3].[O]=[V]([O-])([O-])[O-]. The Hall–Kier alpha value is 1.62. The summed E-state index contributed by atoms with van der Waals surface area (Å²) in [6.45, 7) is 0. The zero-order valence-electron chi connectivity index (χ0n) is 2.58. The van der Waals surface area contributed by atoms with Crippen LogP contribution in [-0.4, -0.2) is 0 Å². The fraction of sp³-hybridized carbons (Fsp3) is 0. The van der Waals surface area contributed by atoms with Crippen molar-refractivity contribution < 1.29 is 71.6 Å². The van der Waals surface area contributed by atoms with Gasteiger partial charge < -0.3 is 0 Å². The molecule has 6 heavy (non-hydrogen) atoms. The van der Waals surface area contributed by atoms with Crippen LogP contribution in [0.5, 0.6) is 0 Å². The summed E-state index contributed by atoms with van der Waals surface area (Å²) in [6.07, 6.45) is 0. The first kappa shape index (κ1) is 10.6. The van der Waals surface area contributed by atoms with E-state index in [2.05, 4.69) is 0 Å². The molecule has 0 unspecified atom stereocenters. The molecule has 0 saturated heterocycles. The first-order valence-corrected chi connectivity index (χ1v) is 3.01. The van der Waals surface area contributed by atoms with E-state index >= 15 is 0 Å².